The normalized spacial score (nSPS) is 19.2. The summed E-state index contributed by atoms with van der Waals surface area (Å²) in [5.41, 5.74) is 2.87. The van der Waals surface area contributed by atoms with Crippen LogP contribution in [0.3, 0.4) is 0 Å². The van der Waals surface area contributed by atoms with Gasteiger partial charge in [-0.25, -0.2) is 4.79 Å². The van der Waals surface area contributed by atoms with Crippen molar-refractivity contribution in [2.45, 2.75) is 63.5 Å². The van der Waals surface area contributed by atoms with Crippen molar-refractivity contribution in [1.29, 1.82) is 5.26 Å². The molecule has 0 saturated heterocycles. The van der Waals surface area contributed by atoms with Gasteiger partial charge in [0.05, 0.1) is 18.7 Å². The molecule has 0 radical (unpaired) electrons. The van der Waals surface area contributed by atoms with Crippen LogP contribution in [0.2, 0.25) is 0 Å². The van der Waals surface area contributed by atoms with Gasteiger partial charge in [0.15, 0.2) is 0 Å². The van der Waals surface area contributed by atoms with Crippen molar-refractivity contribution in [2.24, 2.45) is 5.92 Å². The Hall–Kier alpha value is -3.21. The highest BCUT2D eigenvalue weighted by Crippen LogP contribution is 2.35. The fraction of sp³-hybridized carbons (Fsp3) is 0.542. The molecule has 0 unspecified atom stereocenters. The van der Waals surface area contributed by atoms with Crippen LogP contribution < -0.4 is 10.1 Å². The molecule has 2 heterocycles. The summed E-state index contributed by atoms with van der Waals surface area (Å²) in [6.45, 7) is 1.56. The predicted molar refractivity (Wildman–Crippen MR) is 119 cm³/mol. The Balaban J connectivity index is 0.000000230. The number of nitrogens with one attached hydrogen (secondary N) is 2. The molecule has 32 heavy (non-hydrogen) atoms. The third kappa shape index (κ3) is 4.52. The number of H-pyrrole nitrogens is 1. The van der Waals surface area contributed by atoms with E-state index in [9.17, 15) is 9.59 Å². The number of benzene rings is 1. The molecule has 2 aromatic rings. The molecule has 0 spiro atoms. The van der Waals surface area contributed by atoms with Crippen LogP contribution in [0.5, 0.6) is 5.75 Å². The van der Waals surface area contributed by atoms with E-state index in [0.717, 1.165) is 43.6 Å². The van der Waals surface area contributed by atoms with E-state index in [1.165, 1.54) is 35.9 Å². The first-order valence-electron chi connectivity index (χ1n) is 11.3. The zero-order valence-electron chi connectivity index (χ0n) is 18.4. The van der Waals surface area contributed by atoms with E-state index < -0.39 is 11.6 Å². The second-order valence-corrected chi connectivity index (χ2v) is 8.93. The first kappa shape index (κ1) is 22.0. The number of aromatic amines is 1. The topological polar surface area (TPSA) is 118 Å². The van der Waals surface area contributed by atoms with Crippen molar-refractivity contribution < 1.29 is 19.4 Å². The second-order valence-electron chi connectivity index (χ2n) is 8.93. The van der Waals surface area contributed by atoms with Crippen LogP contribution in [0.1, 0.15) is 56.2 Å². The molecule has 2 aliphatic carbocycles. The number of aromatic nitrogens is 1. The second kappa shape index (κ2) is 9.11. The molecule has 170 valence electrons. The van der Waals surface area contributed by atoms with Gasteiger partial charge in [-0.15, -0.1) is 0 Å². The molecule has 8 heteroatoms. The molecule has 3 N–H and O–H groups in total. The summed E-state index contributed by atoms with van der Waals surface area (Å²) in [7, 11) is 1.70. The summed E-state index contributed by atoms with van der Waals surface area (Å²) in [6.07, 6.45) is 6.94. The maximum atomic E-state index is 12.8. The van der Waals surface area contributed by atoms with Crippen molar-refractivity contribution >= 4 is 22.9 Å². The minimum atomic E-state index is -1.12. The van der Waals surface area contributed by atoms with Gasteiger partial charge in [-0.2, -0.15) is 5.26 Å². The smallest absolute Gasteiger partial charge is 0.405 e. The highest BCUT2D eigenvalue weighted by Gasteiger charge is 2.44. The number of carboxylic acid groups (broad SMARTS) is 1. The first-order valence-corrected chi connectivity index (χ1v) is 11.3. The number of nitriles is 1. The van der Waals surface area contributed by atoms with E-state index >= 15 is 0 Å². The van der Waals surface area contributed by atoms with Crippen LogP contribution in [0.15, 0.2) is 18.2 Å². The Morgan fingerprint density at radius 1 is 1.28 bits per heavy atom. The summed E-state index contributed by atoms with van der Waals surface area (Å²) in [6, 6.07) is 8.02. The number of methoxy groups -OCH3 is 1. The number of para-hydroxylation sites is 1. The lowest BCUT2D eigenvalue weighted by molar-refractivity contribution is -0.137. The zero-order valence-corrected chi connectivity index (χ0v) is 18.4. The minimum Gasteiger partial charge on any atom is -0.495 e. The van der Waals surface area contributed by atoms with E-state index in [0.29, 0.717) is 18.7 Å². The van der Waals surface area contributed by atoms with Crippen LogP contribution in [-0.2, 0) is 17.8 Å². The molecular formula is C24H30N4O4. The number of hydrogen-bond acceptors (Lipinski definition) is 4. The molecule has 2 amide bonds. The number of carbonyl (C=O) groups is 2. The maximum Gasteiger partial charge on any atom is 0.405 e. The Morgan fingerprint density at radius 3 is 2.62 bits per heavy atom. The van der Waals surface area contributed by atoms with E-state index in [1.807, 2.05) is 18.2 Å². The molecular weight excluding hydrogens is 408 g/mol. The van der Waals surface area contributed by atoms with Crippen molar-refractivity contribution in [2.75, 3.05) is 13.7 Å². The third-order valence-corrected chi connectivity index (χ3v) is 6.77. The van der Waals surface area contributed by atoms with Gasteiger partial charge in [-0.3, -0.25) is 4.79 Å². The first-order chi connectivity index (χ1) is 15.5. The lowest BCUT2D eigenvalue weighted by atomic mass is 9.87. The summed E-state index contributed by atoms with van der Waals surface area (Å²) < 4.78 is 5.46. The van der Waals surface area contributed by atoms with E-state index in [-0.39, 0.29) is 5.92 Å². The highest BCUT2D eigenvalue weighted by atomic mass is 16.5. The van der Waals surface area contributed by atoms with Gasteiger partial charge in [-0.05, 0) is 31.7 Å². The lowest BCUT2D eigenvalue weighted by Crippen LogP contribution is -2.40. The molecule has 3 aliphatic rings. The standard InChI is InChI=1S/C19H24N2O2.C5H6N2O2/c1-23-17-9-5-8-14-15-12-21(11-10-16(15)20-18(14)17)19(22)13-6-3-2-4-7-13;6-3-5(1-2-5)7-4(8)9/h5,8-9,13,20H,2-4,6-7,10-12H2,1H3;7H,1-2H2,(H,8,9). The van der Waals surface area contributed by atoms with Crippen molar-refractivity contribution in [3.05, 3.63) is 29.5 Å². The number of hydrogen-bond donors (Lipinski definition) is 3. The third-order valence-electron chi connectivity index (χ3n) is 6.77. The largest absolute Gasteiger partial charge is 0.495 e. The molecule has 2 fully saturated rings. The van der Waals surface area contributed by atoms with Crippen LogP contribution in [-0.4, -0.2) is 46.2 Å². The maximum absolute atomic E-state index is 12.8. The van der Waals surface area contributed by atoms with Crippen molar-refractivity contribution in [1.82, 2.24) is 15.2 Å². The number of rotatable bonds is 3. The quantitative estimate of drug-likeness (QED) is 0.670. The van der Waals surface area contributed by atoms with Crippen LogP contribution >= 0.6 is 0 Å². The van der Waals surface area contributed by atoms with Gasteiger partial charge in [-0.1, -0.05) is 31.4 Å². The van der Waals surface area contributed by atoms with E-state index in [2.05, 4.69) is 21.3 Å². The average Bonchev–Trinajstić information content (AvgIpc) is 3.49. The van der Waals surface area contributed by atoms with Gasteiger partial charge in [0.1, 0.15) is 11.3 Å². The van der Waals surface area contributed by atoms with Crippen LogP contribution in [0, 0.1) is 17.2 Å². The lowest BCUT2D eigenvalue weighted by Gasteiger charge is -2.32. The van der Waals surface area contributed by atoms with E-state index in [4.69, 9.17) is 15.1 Å². The van der Waals surface area contributed by atoms with Gasteiger partial charge in [0.2, 0.25) is 5.91 Å². The van der Waals surface area contributed by atoms with Crippen LogP contribution in [0.4, 0.5) is 4.79 Å². The minimum absolute atomic E-state index is 0.255. The molecule has 2 saturated carbocycles. The van der Waals surface area contributed by atoms with Crippen molar-refractivity contribution in [3.63, 3.8) is 0 Å². The van der Waals surface area contributed by atoms with Gasteiger partial charge in [0.25, 0.3) is 0 Å². The SMILES string of the molecule is COc1cccc2c3c([nH]c12)CCN(C(=O)C1CCCCC1)C3.N#CC1(NC(=O)O)CC1. The van der Waals surface area contributed by atoms with Gasteiger partial charge < -0.3 is 25.0 Å². The predicted octanol–water partition coefficient (Wildman–Crippen LogP) is 3.95. The molecule has 1 aromatic heterocycles. The summed E-state index contributed by atoms with van der Waals surface area (Å²) >= 11 is 0. The fourth-order valence-corrected chi connectivity index (χ4v) is 4.77. The summed E-state index contributed by atoms with van der Waals surface area (Å²) in [5, 5.41) is 19.8. The monoisotopic (exact) mass is 438 g/mol. The van der Waals surface area contributed by atoms with Crippen molar-refractivity contribution in [3.8, 4) is 11.8 Å². The molecule has 8 nitrogen and oxygen atoms in total. The van der Waals surface area contributed by atoms with E-state index in [1.54, 1.807) is 7.11 Å². The molecule has 5 rings (SSSR count). The molecule has 0 bridgehead atoms. The number of amides is 2. The highest BCUT2D eigenvalue weighted by molar-refractivity contribution is 5.90. The summed E-state index contributed by atoms with van der Waals surface area (Å²) in [5.74, 6) is 1.50. The van der Waals surface area contributed by atoms with Gasteiger partial charge >= 0.3 is 6.09 Å². The number of carbonyl (C=O) groups excluding carboxylic acids is 1. The Bertz CT molecular complexity index is 1040. The number of nitrogens with zero attached hydrogens (tertiary/aromatic N) is 2. The van der Waals surface area contributed by atoms with Gasteiger partial charge in [0, 0.05) is 42.1 Å². The van der Waals surface area contributed by atoms with Crippen LogP contribution in [0.25, 0.3) is 10.9 Å². The fourth-order valence-electron chi connectivity index (χ4n) is 4.77. The molecule has 1 aromatic carbocycles. The molecule has 1 aliphatic heterocycles. The number of ether oxygens (including phenoxy) is 1. The molecule has 0 atom stereocenters. The Kier molecular flexibility index (Phi) is 6.26. The Labute approximate surface area is 187 Å². The average molecular weight is 439 g/mol. The zero-order chi connectivity index (χ0) is 22.7. The number of fused-ring (bicyclic) bond motifs is 3. The Morgan fingerprint density at radius 2 is 2.03 bits per heavy atom. The summed E-state index contributed by atoms with van der Waals surface area (Å²) in [4.78, 5) is 28.4.